The van der Waals surface area contributed by atoms with Gasteiger partial charge in [-0.05, 0) is 30.5 Å². The third kappa shape index (κ3) is 5.38. The highest BCUT2D eigenvalue weighted by molar-refractivity contribution is 5.29. The molecule has 0 aliphatic rings. The van der Waals surface area contributed by atoms with Crippen LogP contribution in [0.3, 0.4) is 0 Å². The predicted octanol–water partition coefficient (Wildman–Crippen LogP) is 3.25. The highest BCUT2D eigenvalue weighted by Gasteiger charge is 2.31. The normalized spacial score (nSPS) is 15.2. The summed E-state index contributed by atoms with van der Waals surface area (Å²) < 4.78 is 40.0. The summed E-state index contributed by atoms with van der Waals surface area (Å²) in [6.45, 7) is 5.88. The summed E-state index contributed by atoms with van der Waals surface area (Å²) in [4.78, 5) is 0. The van der Waals surface area contributed by atoms with Crippen LogP contribution in [0.4, 0.5) is 13.2 Å². The molecule has 1 aromatic rings. The minimum Gasteiger partial charge on any atom is -0.406 e. The lowest BCUT2D eigenvalue weighted by Gasteiger charge is -2.25. The molecule has 20 heavy (non-hydrogen) atoms. The van der Waals surface area contributed by atoms with E-state index in [4.69, 9.17) is 0 Å². The van der Waals surface area contributed by atoms with Gasteiger partial charge < -0.3 is 15.2 Å². The number of nitrogens with one attached hydrogen (secondary N) is 1. The van der Waals surface area contributed by atoms with Crippen molar-refractivity contribution in [2.45, 2.75) is 39.2 Å². The smallest absolute Gasteiger partial charge is 0.406 e. The molecule has 0 spiro atoms. The molecule has 1 unspecified atom stereocenters. The Morgan fingerprint density at radius 2 is 1.70 bits per heavy atom. The van der Waals surface area contributed by atoms with Crippen LogP contribution >= 0.6 is 0 Å². The topological polar surface area (TPSA) is 41.5 Å². The molecule has 0 heterocycles. The second-order valence-corrected chi connectivity index (χ2v) is 5.04. The van der Waals surface area contributed by atoms with Crippen LogP contribution in [0.2, 0.25) is 0 Å². The fraction of sp³-hybridized carbons (Fsp3) is 0.571. The minimum absolute atomic E-state index is 0.0112. The number of alkyl halides is 3. The van der Waals surface area contributed by atoms with Gasteiger partial charge >= 0.3 is 6.36 Å². The summed E-state index contributed by atoms with van der Waals surface area (Å²) in [5, 5.41) is 12.5. The fourth-order valence-electron chi connectivity index (χ4n) is 1.83. The lowest BCUT2D eigenvalue weighted by molar-refractivity contribution is -0.274. The maximum atomic E-state index is 12.0. The zero-order valence-corrected chi connectivity index (χ0v) is 11.7. The maximum Gasteiger partial charge on any atom is 0.573 e. The molecular weight excluding hydrogens is 271 g/mol. The molecule has 0 saturated heterocycles. The first-order chi connectivity index (χ1) is 9.23. The largest absolute Gasteiger partial charge is 0.573 e. The van der Waals surface area contributed by atoms with E-state index in [1.807, 2.05) is 20.8 Å². The molecule has 0 aliphatic carbocycles. The molecule has 0 fully saturated rings. The van der Waals surface area contributed by atoms with E-state index < -0.39 is 6.36 Å². The van der Waals surface area contributed by atoms with Crippen LogP contribution in [0.1, 0.15) is 32.4 Å². The zero-order valence-electron chi connectivity index (χ0n) is 11.7. The van der Waals surface area contributed by atoms with Gasteiger partial charge in [-0.15, -0.1) is 13.2 Å². The first kappa shape index (κ1) is 16.8. The minimum atomic E-state index is -4.68. The number of rotatable bonds is 6. The van der Waals surface area contributed by atoms with Gasteiger partial charge in [-0.1, -0.05) is 26.0 Å². The van der Waals surface area contributed by atoms with Crippen molar-refractivity contribution in [3.8, 4) is 5.75 Å². The van der Waals surface area contributed by atoms with E-state index in [2.05, 4.69) is 10.1 Å². The first-order valence-electron chi connectivity index (χ1n) is 6.45. The van der Waals surface area contributed by atoms with Crippen LogP contribution in [-0.2, 0) is 0 Å². The molecule has 1 rings (SSSR count). The molecule has 0 aromatic heterocycles. The molecule has 0 radical (unpaired) electrons. The van der Waals surface area contributed by atoms with Crippen LogP contribution in [0.25, 0.3) is 0 Å². The van der Waals surface area contributed by atoms with Gasteiger partial charge in [0.05, 0.1) is 6.61 Å². The second-order valence-electron chi connectivity index (χ2n) is 5.04. The second kappa shape index (κ2) is 6.95. The van der Waals surface area contributed by atoms with Gasteiger partial charge in [0, 0.05) is 12.1 Å². The SMILES string of the molecule is CC(N[C@H](CO)C(C)C)c1ccc(OC(F)(F)F)cc1. The van der Waals surface area contributed by atoms with E-state index in [1.54, 1.807) is 12.1 Å². The van der Waals surface area contributed by atoms with Crippen molar-refractivity contribution < 1.29 is 23.0 Å². The molecule has 1 aromatic carbocycles. The molecule has 2 atom stereocenters. The van der Waals surface area contributed by atoms with Crippen molar-refractivity contribution in [1.29, 1.82) is 0 Å². The van der Waals surface area contributed by atoms with E-state index in [0.717, 1.165) is 5.56 Å². The quantitative estimate of drug-likeness (QED) is 0.845. The van der Waals surface area contributed by atoms with Crippen LogP contribution in [0.15, 0.2) is 24.3 Å². The van der Waals surface area contributed by atoms with Crippen molar-refractivity contribution in [2.24, 2.45) is 5.92 Å². The third-order valence-corrected chi connectivity index (χ3v) is 3.08. The Morgan fingerprint density at radius 3 is 2.10 bits per heavy atom. The van der Waals surface area contributed by atoms with Gasteiger partial charge in [-0.3, -0.25) is 0 Å². The molecule has 0 aliphatic heterocycles. The van der Waals surface area contributed by atoms with Gasteiger partial charge in [0.15, 0.2) is 0 Å². The Kier molecular flexibility index (Phi) is 5.83. The summed E-state index contributed by atoms with van der Waals surface area (Å²) in [6.07, 6.45) is -4.68. The number of hydrogen-bond acceptors (Lipinski definition) is 3. The van der Waals surface area contributed by atoms with Gasteiger partial charge in [0.25, 0.3) is 0 Å². The molecule has 2 N–H and O–H groups in total. The number of aliphatic hydroxyl groups is 1. The lowest BCUT2D eigenvalue weighted by Crippen LogP contribution is -2.38. The number of ether oxygens (including phenoxy) is 1. The van der Waals surface area contributed by atoms with E-state index in [0.29, 0.717) is 0 Å². The lowest BCUT2D eigenvalue weighted by atomic mass is 10.0. The summed E-state index contributed by atoms with van der Waals surface area (Å²) in [7, 11) is 0. The van der Waals surface area contributed by atoms with Crippen molar-refractivity contribution in [1.82, 2.24) is 5.32 Å². The van der Waals surface area contributed by atoms with E-state index in [1.165, 1.54) is 12.1 Å². The van der Waals surface area contributed by atoms with Gasteiger partial charge in [-0.25, -0.2) is 0 Å². The monoisotopic (exact) mass is 291 g/mol. The summed E-state index contributed by atoms with van der Waals surface area (Å²) in [5.41, 5.74) is 0.832. The van der Waals surface area contributed by atoms with Crippen molar-refractivity contribution in [3.63, 3.8) is 0 Å². The van der Waals surface area contributed by atoms with E-state index in [9.17, 15) is 18.3 Å². The number of hydrogen-bond donors (Lipinski definition) is 2. The summed E-state index contributed by atoms with van der Waals surface area (Å²) in [6, 6.07) is 5.58. The van der Waals surface area contributed by atoms with E-state index >= 15 is 0 Å². The predicted molar refractivity (Wildman–Crippen MR) is 70.4 cm³/mol. The van der Waals surface area contributed by atoms with E-state index in [-0.39, 0.29) is 30.4 Å². The van der Waals surface area contributed by atoms with Crippen LogP contribution < -0.4 is 10.1 Å². The average molecular weight is 291 g/mol. The van der Waals surface area contributed by atoms with Gasteiger partial charge in [-0.2, -0.15) is 0 Å². The highest BCUT2D eigenvalue weighted by Crippen LogP contribution is 2.24. The standard InChI is InChI=1S/C14H20F3NO2/c1-9(2)13(8-19)18-10(3)11-4-6-12(7-5-11)20-14(15,16)17/h4-7,9-10,13,18-19H,8H2,1-3H3/t10?,13-/m1/s1. The summed E-state index contributed by atoms with van der Waals surface area (Å²) >= 11 is 0. The molecule has 3 nitrogen and oxygen atoms in total. The molecule has 0 bridgehead atoms. The Hall–Kier alpha value is -1.27. The van der Waals surface area contributed by atoms with Crippen LogP contribution in [0, 0.1) is 5.92 Å². The fourth-order valence-corrected chi connectivity index (χ4v) is 1.83. The van der Waals surface area contributed by atoms with Gasteiger partial charge in [0.1, 0.15) is 5.75 Å². The molecule has 114 valence electrons. The number of aliphatic hydroxyl groups excluding tert-OH is 1. The summed E-state index contributed by atoms with van der Waals surface area (Å²) in [5.74, 6) is 0.0197. The Bertz CT molecular complexity index is 404. The zero-order chi connectivity index (χ0) is 15.3. The first-order valence-corrected chi connectivity index (χ1v) is 6.45. The average Bonchev–Trinajstić information content (AvgIpc) is 2.34. The van der Waals surface area contributed by atoms with Crippen LogP contribution in [-0.4, -0.2) is 24.1 Å². The Balaban J connectivity index is 2.68. The van der Waals surface area contributed by atoms with Gasteiger partial charge in [0.2, 0.25) is 0 Å². The molecular formula is C14H20F3NO2. The van der Waals surface area contributed by atoms with Crippen molar-refractivity contribution in [2.75, 3.05) is 6.61 Å². The van der Waals surface area contributed by atoms with Crippen LogP contribution in [0.5, 0.6) is 5.75 Å². The molecule has 0 amide bonds. The van der Waals surface area contributed by atoms with Crippen molar-refractivity contribution in [3.05, 3.63) is 29.8 Å². The Morgan fingerprint density at radius 1 is 1.15 bits per heavy atom. The number of halogens is 3. The molecule has 0 saturated carbocycles. The third-order valence-electron chi connectivity index (χ3n) is 3.08. The molecule has 6 heteroatoms. The Labute approximate surface area is 116 Å². The number of benzene rings is 1. The maximum absolute atomic E-state index is 12.0. The highest BCUT2D eigenvalue weighted by atomic mass is 19.4. The van der Waals surface area contributed by atoms with Crippen molar-refractivity contribution >= 4 is 0 Å².